The maximum Gasteiger partial charge on any atom is 0.252 e. The average Bonchev–Trinajstić information content (AvgIpc) is 3.07. The van der Waals surface area contributed by atoms with Crippen LogP contribution >= 0.6 is 0 Å². The summed E-state index contributed by atoms with van der Waals surface area (Å²) in [5.74, 6) is 0.434. The van der Waals surface area contributed by atoms with E-state index in [2.05, 4.69) is 20.4 Å². The van der Waals surface area contributed by atoms with Crippen LogP contribution in [0.5, 0.6) is 0 Å². The molecule has 0 saturated heterocycles. The van der Waals surface area contributed by atoms with Crippen molar-refractivity contribution >= 4 is 5.91 Å². The first-order valence-corrected chi connectivity index (χ1v) is 6.96. The summed E-state index contributed by atoms with van der Waals surface area (Å²) >= 11 is 0. The quantitative estimate of drug-likeness (QED) is 0.823. The van der Waals surface area contributed by atoms with Gasteiger partial charge in [-0.25, -0.2) is 14.6 Å². The number of nitrogens with one attached hydrogen (secondary N) is 1. The molecule has 21 heavy (non-hydrogen) atoms. The van der Waals surface area contributed by atoms with E-state index in [1.54, 1.807) is 18.5 Å². The molecule has 0 aliphatic rings. The molecule has 0 bridgehead atoms. The number of rotatable bonds is 6. The molecule has 0 atom stereocenters. The van der Waals surface area contributed by atoms with Gasteiger partial charge in [0.05, 0.1) is 5.56 Å². The first-order valence-electron chi connectivity index (χ1n) is 6.96. The van der Waals surface area contributed by atoms with Gasteiger partial charge in [-0.15, -0.1) is 0 Å². The van der Waals surface area contributed by atoms with E-state index in [0.29, 0.717) is 17.9 Å². The van der Waals surface area contributed by atoms with E-state index >= 15 is 0 Å². The largest absolute Gasteiger partial charge is 0.350 e. The highest BCUT2D eigenvalue weighted by atomic mass is 16.1. The molecule has 0 unspecified atom stereocenters. The highest BCUT2D eigenvalue weighted by molar-refractivity contribution is 5.93. The van der Waals surface area contributed by atoms with Crippen molar-refractivity contribution in [2.24, 2.45) is 5.73 Å². The standard InChI is InChI=1S/C14H20N6O/c1-3-14(15,4-2)8-18-13(21)11-5-6-12(17-7-11)20-10-16-9-19-20/h5-7,9-10H,3-4,8,15H2,1-2H3,(H,18,21). The monoisotopic (exact) mass is 288 g/mol. The topological polar surface area (TPSA) is 98.7 Å². The van der Waals surface area contributed by atoms with Crippen molar-refractivity contribution in [3.05, 3.63) is 36.5 Å². The van der Waals surface area contributed by atoms with Gasteiger partial charge in [-0.1, -0.05) is 13.8 Å². The van der Waals surface area contributed by atoms with E-state index in [1.165, 1.54) is 17.2 Å². The molecule has 0 fully saturated rings. The summed E-state index contributed by atoms with van der Waals surface area (Å²) in [6, 6.07) is 3.42. The number of nitrogens with zero attached hydrogens (tertiary/aromatic N) is 4. The van der Waals surface area contributed by atoms with Gasteiger partial charge in [0.1, 0.15) is 12.7 Å². The number of amides is 1. The van der Waals surface area contributed by atoms with Crippen LogP contribution < -0.4 is 11.1 Å². The van der Waals surface area contributed by atoms with Crippen LogP contribution in [0.25, 0.3) is 5.82 Å². The minimum Gasteiger partial charge on any atom is -0.350 e. The lowest BCUT2D eigenvalue weighted by molar-refractivity contribution is 0.0942. The fourth-order valence-electron chi connectivity index (χ4n) is 1.84. The minimum atomic E-state index is -0.357. The number of carbonyl (C=O) groups excluding carboxylic acids is 1. The second-order valence-electron chi connectivity index (χ2n) is 5.00. The summed E-state index contributed by atoms with van der Waals surface area (Å²) in [6.45, 7) is 4.48. The van der Waals surface area contributed by atoms with E-state index in [1.807, 2.05) is 13.8 Å². The van der Waals surface area contributed by atoms with Gasteiger partial charge in [-0.2, -0.15) is 5.10 Å². The van der Waals surface area contributed by atoms with E-state index in [9.17, 15) is 4.79 Å². The lowest BCUT2D eigenvalue weighted by atomic mass is 9.94. The van der Waals surface area contributed by atoms with Crippen molar-refractivity contribution in [3.8, 4) is 5.82 Å². The zero-order valence-corrected chi connectivity index (χ0v) is 12.3. The maximum absolute atomic E-state index is 12.1. The molecule has 2 aromatic rings. The van der Waals surface area contributed by atoms with Crippen molar-refractivity contribution in [2.45, 2.75) is 32.2 Å². The van der Waals surface area contributed by atoms with E-state index < -0.39 is 0 Å². The highest BCUT2D eigenvalue weighted by Gasteiger charge is 2.21. The van der Waals surface area contributed by atoms with Crippen molar-refractivity contribution in [3.63, 3.8) is 0 Å². The molecule has 2 aromatic heterocycles. The molecule has 2 heterocycles. The van der Waals surface area contributed by atoms with Crippen LogP contribution in [0.3, 0.4) is 0 Å². The van der Waals surface area contributed by atoms with Crippen molar-refractivity contribution in [1.82, 2.24) is 25.1 Å². The maximum atomic E-state index is 12.1. The van der Waals surface area contributed by atoms with Gasteiger partial charge in [-0.05, 0) is 25.0 Å². The Morgan fingerprint density at radius 3 is 2.67 bits per heavy atom. The van der Waals surface area contributed by atoms with Crippen molar-refractivity contribution in [1.29, 1.82) is 0 Å². The Labute approximate surface area is 123 Å². The second-order valence-corrected chi connectivity index (χ2v) is 5.00. The van der Waals surface area contributed by atoms with E-state index in [0.717, 1.165) is 12.8 Å². The minimum absolute atomic E-state index is 0.177. The van der Waals surface area contributed by atoms with Crippen LogP contribution in [-0.4, -0.2) is 37.7 Å². The molecule has 7 nitrogen and oxygen atoms in total. The Kier molecular flexibility index (Phi) is 4.64. The van der Waals surface area contributed by atoms with Gasteiger partial charge < -0.3 is 11.1 Å². The molecular formula is C14H20N6O. The molecule has 0 spiro atoms. The fourth-order valence-corrected chi connectivity index (χ4v) is 1.84. The van der Waals surface area contributed by atoms with Crippen LogP contribution in [0.15, 0.2) is 31.0 Å². The molecule has 0 aliphatic heterocycles. The third-order valence-corrected chi connectivity index (χ3v) is 3.67. The van der Waals surface area contributed by atoms with Gasteiger partial charge in [0.2, 0.25) is 0 Å². The lowest BCUT2D eigenvalue weighted by Crippen LogP contribution is -2.49. The lowest BCUT2D eigenvalue weighted by Gasteiger charge is -2.26. The number of hydrogen-bond donors (Lipinski definition) is 2. The van der Waals surface area contributed by atoms with Gasteiger partial charge in [0, 0.05) is 18.3 Å². The summed E-state index contributed by atoms with van der Waals surface area (Å²) in [5, 5.41) is 6.83. The number of aromatic nitrogens is 4. The third-order valence-electron chi connectivity index (χ3n) is 3.67. The van der Waals surface area contributed by atoms with Gasteiger partial charge in [-0.3, -0.25) is 4.79 Å². The molecule has 0 aliphatic carbocycles. The molecule has 3 N–H and O–H groups in total. The van der Waals surface area contributed by atoms with E-state index in [-0.39, 0.29) is 11.4 Å². The molecule has 0 saturated carbocycles. The first kappa shape index (κ1) is 15.1. The Morgan fingerprint density at radius 2 is 2.14 bits per heavy atom. The Hall–Kier alpha value is -2.28. The van der Waals surface area contributed by atoms with Gasteiger partial charge in [0.25, 0.3) is 5.91 Å². The molecule has 7 heteroatoms. The van der Waals surface area contributed by atoms with Crippen LogP contribution in [0.2, 0.25) is 0 Å². The van der Waals surface area contributed by atoms with Crippen LogP contribution in [0.4, 0.5) is 0 Å². The van der Waals surface area contributed by atoms with E-state index in [4.69, 9.17) is 5.73 Å². The van der Waals surface area contributed by atoms with Crippen LogP contribution in [0, 0.1) is 0 Å². The zero-order valence-electron chi connectivity index (χ0n) is 12.3. The molecular weight excluding hydrogens is 268 g/mol. The summed E-state index contributed by atoms with van der Waals surface area (Å²) in [4.78, 5) is 20.1. The SMILES string of the molecule is CCC(N)(CC)CNC(=O)c1ccc(-n2cncn2)nc1. The molecule has 0 radical (unpaired) electrons. The summed E-state index contributed by atoms with van der Waals surface area (Å²) < 4.78 is 1.53. The van der Waals surface area contributed by atoms with Gasteiger partial charge in [0.15, 0.2) is 5.82 Å². The van der Waals surface area contributed by atoms with Crippen molar-refractivity contribution in [2.75, 3.05) is 6.54 Å². The zero-order chi connectivity index (χ0) is 15.3. The predicted molar refractivity (Wildman–Crippen MR) is 79.0 cm³/mol. The predicted octanol–water partition coefficient (Wildman–Crippen LogP) is 0.910. The first-order chi connectivity index (χ1) is 10.1. The normalized spacial score (nSPS) is 11.4. The molecule has 2 rings (SSSR count). The summed E-state index contributed by atoms with van der Waals surface area (Å²) in [6.07, 6.45) is 6.12. The Balaban J connectivity index is 2.00. The van der Waals surface area contributed by atoms with Gasteiger partial charge >= 0.3 is 0 Å². The molecule has 0 aromatic carbocycles. The Bertz CT molecular complexity index is 574. The number of pyridine rings is 1. The highest BCUT2D eigenvalue weighted by Crippen LogP contribution is 2.10. The van der Waals surface area contributed by atoms with Crippen LogP contribution in [0.1, 0.15) is 37.0 Å². The van der Waals surface area contributed by atoms with Crippen LogP contribution in [-0.2, 0) is 0 Å². The second kappa shape index (κ2) is 6.45. The molecule has 112 valence electrons. The fraction of sp³-hybridized carbons (Fsp3) is 0.429. The number of nitrogens with two attached hydrogens (primary N) is 1. The smallest absolute Gasteiger partial charge is 0.252 e. The summed E-state index contributed by atoms with van der Waals surface area (Å²) in [5.41, 5.74) is 6.30. The Morgan fingerprint density at radius 1 is 1.38 bits per heavy atom. The third kappa shape index (κ3) is 3.63. The average molecular weight is 288 g/mol. The summed E-state index contributed by atoms with van der Waals surface area (Å²) in [7, 11) is 0. The molecule has 1 amide bonds. The number of carbonyl (C=O) groups is 1. The number of hydrogen-bond acceptors (Lipinski definition) is 5. The van der Waals surface area contributed by atoms with Crippen molar-refractivity contribution < 1.29 is 4.79 Å².